The first-order chi connectivity index (χ1) is 10.6. The monoisotopic (exact) mass is 299 g/mol. The molecule has 0 aliphatic carbocycles. The number of aryl methyl sites for hydroxylation is 1. The molecule has 1 aromatic heterocycles. The average Bonchev–Trinajstić information content (AvgIpc) is 2.57. The largest absolute Gasteiger partial charge is 0.336 e. The Labute approximate surface area is 129 Å². The maximum Gasteiger partial charge on any atom is 0.254 e. The molecule has 0 saturated carbocycles. The van der Waals surface area contributed by atoms with Gasteiger partial charge < -0.3 is 14.4 Å². The SMILES string of the molecule is CCN1CCN(C(=O)c2cc(=O)n(C)c3ccccc23)CC1. The Hall–Kier alpha value is -2.14. The molecule has 5 heteroatoms. The second kappa shape index (κ2) is 5.93. The second-order valence-corrected chi connectivity index (χ2v) is 5.70. The number of likely N-dealkylation sites (N-methyl/N-ethyl adjacent to an activating group) is 1. The summed E-state index contributed by atoms with van der Waals surface area (Å²) in [5, 5.41) is 0.840. The van der Waals surface area contributed by atoms with Gasteiger partial charge >= 0.3 is 0 Å². The minimum absolute atomic E-state index is 0.0374. The molecule has 2 heterocycles. The van der Waals surface area contributed by atoms with E-state index in [1.807, 2.05) is 29.2 Å². The van der Waals surface area contributed by atoms with Gasteiger partial charge in [0.1, 0.15) is 0 Å². The van der Waals surface area contributed by atoms with Crippen molar-refractivity contribution in [1.82, 2.24) is 14.4 Å². The third-order valence-corrected chi connectivity index (χ3v) is 4.49. The van der Waals surface area contributed by atoms with Crippen LogP contribution in [0.1, 0.15) is 17.3 Å². The highest BCUT2D eigenvalue weighted by molar-refractivity contribution is 6.06. The lowest BCUT2D eigenvalue weighted by atomic mass is 10.1. The van der Waals surface area contributed by atoms with Crippen LogP contribution in [0, 0.1) is 0 Å². The number of benzene rings is 1. The van der Waals surface area contributed by atoms with E-state index >= 15 is 0 Å². The normalized spacial score (nSPS) is 16.2. The minimum atomic E-state index is -0.144. The molecule has 1 fully saturated rings. The Kier molecular flexibility index (Phi) is 3.98. The van der Waals surface area contributed by atoms with Crippen molar-refractivity contribution in [2.75, 3.05) is 32.7 Å². The maximum absolute atomic E-state index is 12.8. The number of amides is 1. The van der Waals surface area contributed by atoms with E-state index in [4.69, 9.17) is 0 Å². The van der Waals surface area contributed by atoms with Crippen LogP contribution >= 0.6 is 0 Å². The van der Waals surface area contributed by atoms with Crippen LogP contribution in [0.25, 0.3) is 10.9 Å². The fraction of sp³-hybridized carbons (Fsp3) is 0.412. The predicted molar refractivity (Wildman–Crippen MR) is 87.2 cm³/mol. The van der Waals surface area contributed by atoms with Crippen LogP contribution in [0.5, 0.6) is 0 Å². The van der Waals surface area contributed by atoms with Crippen LogP contribution in [0.4, 0.5) is 0 Å². The van der Waals surface area contributed by atoms with Gasteiger partial charge in [0.2, 0.25) is 0 Å². The van der Waals surface area contributed by atoms with Gasteiger partial charge in [-0.05, 0) is 12.6 Å². The lowest BCUT2D eigenvalue weighted by Crippen LogP contribution is -2.48. The first-order valence-electron chi connectivity index (χ1n) is 7.72. The van der Waals surface area contributed by atoms with Crippen LogP contribution in [-0.4, -0.2) is 53.0 Å². The number of carbonyl (C=O) groups excluding carboxylic acids is 1. The quantitative estimate of drug-likeness (QED) is 0.840. The van der Waals surface area contributed by atoms with E-state index in [-0.39, 0.29) is 11.5 Å². The zero-order valence-electron chi connectivity index (χ0n) is 13.1. The van der Waals surface area contributed by atoms with Gasteiger partial charge in [-0.2, -0.15) is 0 Å². The maximum atomic E-state index is 12.8. The summed E-state index contributed by atoms with van der Waals surface area (Å²) in [6.45, 7) is 6.37. The summed E-state index contributed by atoms with van der Waals surface area (Å²) in [4.78, 5) is 29.1. The predicted octanol–water partition coefficient (Wildman–Crippen LogP) is 1.32. The van der Waals surface area contributed by atoms with E-state index in [2.05, 4.69) is 11.8 Å². The molecule has 22 heavy (non-hydrogen) atoms. The van der Waals surface area contributed by atoms with Crippen molar-refractivity contribution in [2.24, 2.45) is 7.05 Å². The zero-order chi connectivity index (χ0) is 15.7. The van der Waals surface area contributed by atoms with Crippen molar-refractivity contribution >= 4 is 16.8 Å². The smallest absolute Gasteiger partial charge is 0.254 e. The Bertz CT molecular complexity index is 758. The Morgan fingerprint density at radius 1 is 1.14 bits per heavy atom. The van der Waals surface area contributed by atoms with Crippen LogP contribution in [-0.2, 0) is 7.05 Å². The molecule has 1 aliphatic rings. The fourth-order valence-electron chi connectivity index (χ4n) is 3.03. The number of hydrogen-bond acceptors (Lipinski definition) is 3. The van der Waals surface area contributed by atoms with E-state index in [1.165, 1.54) is 6.07 Å². The topological polar surface area (TPSA) is 45.6 Å². The molecular formula is C17H21N3O2. The zero-order valence-corrected chi connectivity index (χ0v) is 13.1. The number of para-hydroxylation sites is 1. The van der Waals surface area contributed by atoms with Crippen LogP contribution in [0.2, 0.25) is 0 Å². The Morgan fingerprint density at radius 2 is 1.82 bits per heavy atom. The summed E-state index contributed by atoms with van der Waals surface area (Å²) in [5.41, 5.74) is 1.17. The van der Waals surface area contributed by atoms with Gasteiger partial charge in [0.05, 0.1) is 11.1 Å². The summed E-state index contributed by atoms with van der Waals surface area (Å²) in [7, 11) is 1.74. The highest BCUT2D eigenvalue weighted by Gasteiger charge is 2.23. The number of aromatic nitrogens is 1. The van der Waals surface area contributed by atoms with E-state index < -0.39 is 0 Å². The minimum Gasteiger partial charge on any atom is -0.336 e. The van der Waals surface area contributed by atoms with Gasteiger partial charge in [0, 0.05) is 44.7 Å². The number of pyridine rings is 1. The molecule has 0 unspecified atom stereocenters. The lowest BCUT2D eigenvalue weighted by molar-refractivity contribution is 0.0645. The van der Waals surface area contributed by atoms with E-state index in [9.17, 15) is 9.59 Å². The lowest BCUT2D eigenvalue weighted by Gasteiger charge is -2.34. The molecule has 1 aromatic carbocycles. The second-order valence-electron chi connectivity index (χ2n) is 5.70. The molecule has 0 radical (unpaired) electrons. The molecule has 1 amide bonds. The molecule has 0 atom stereocenters. The highest BCUT2D eigenvalue weighted by Crippen LogP contribution is 2.18. The van der Waals surface area contributed by atoms with E-state index in [0.29, 0.717) is 5.56 Å². The number of carbonyl (C=O) groups is 1. The summed E-state index contributed by atoms with van der Waals surface area (Å²) in [6.07, 6.45) is 0. The molecular weight excluding hydrogens is 278 g/mol. The highest BCUT2D eigenvalue weighted by atomic mass is 16.2. The van der Waals surface area contributed by atoms with E-state index in [1.54, 1.807) is 11.6 Å². The van der Waals surface area contributed by atoms with Gasteiger partial charge in [-0.3, -0.25) is 9.59 Å². The molecule has 2 aromatic rings. The molecule has 1 saturated heterocycles. The number of piperazine rings is 1. The molecule has 1 aliphatic heterocycles. The molecule has 3 rings (SSSR count). The first kappa shape index (κ1) is 14.8. The Morgan fingerprint density at radius 3 is 2.50 bits per heavy atom. The molecule has 0 bridgehead atoms. The Balaban J connectivity index is 1.98. The van der Waals surface area contributed by atoms with Crippen molar-refractivity contribution in [3.05, 3.63) is 46.2 Å². The summed E-state index contributed by atoms with van der Waals surface area (Å²) in [6, 6.07) is 9.04. The third-order valence-electron chi connectivity index (χ3n) is 4.49. The van der Waals surface area contributed by atoms with Gasteiger partial charge in [0.15, 0.2) is 0 Å². The van der Waals surface area contributed by atoms with Crippen molar-refractivity contribution in [1.29, 1.82) is 0 Å². The van der Waals surface area contributed by atoms with Crippen LogP contribution < -0.4 is 5.56 Å². The fourth-order valence-corrected chi connectivity index (χ4v) is 3.03. The molecule has 5 nitrogen and oxygen atoms in total. The molecule has 116 valence electrons. The molecule has 0 N–H and O–H groups in total. The number of nitrogens with zero attached hydrogens (tertiary/aromatic N) is 3. The number of hydrogen-bond donors (Lipinski definition) is 0. The van der Waals surface area contributed by atoms with Gasteiger partial charge in [0.25, 0.3) is 11.5 Å². The van der Waals surface area contributed by atoms with Crippen molar-refractivity contribution in [3.8, 4) is 0 Å². The van der Waals surface area contributed by atoms with Gasteiger partial charge in [-0.15, -0.1) is 0 Å². The summed E-state index contributed by atoms with van der Waals surface area (Å²) in [5.74, 6) is -0.0374. The first-order valence-corrected chi connectivity index (χ1v) is 7.72. The average molecular weight is 299 g/mol. The summed E-state index contributed by atoms with van der Waals surface area (Å²) >= 11 is 0. The third kappa shape index (κ3) is 2.52. The molecule has 0 spiro atoms. The van der Waals surface area contributed by atoms with Crippen molar-refractivity contribution in [3.63, 3.8) is 0 Å². The van der Waals surface area contributed by atoms with E-state index in [0.717, 1.165) is 43.6 Å². The van der Waals surface area contributed by atoms with Crippen molar-refractivity contribution < 1.29 is 4.79 Å². The number of rotatable bonds is 2. The van der Waals surface area contributed by atoms with Gasteiger partial charge in [-0.1, -0.05) is 25.1 Å². The van der Waals surface area contributed by atoms with Crippen molar-refractivity contribution in [2.45, 2.75) is 6.92 Å². The number of fused-ring (bicyclic) bond motifs is 1. The van der Waals surface area contributed by atoms with Gasteiger partial charge in [-0.25, -0.2) is 0 Å². The summed E-state index contributed by atoms with van der Waals surface area (Å²) < 4.78 is 1.58. The van der Waals surface area contributed by atoms with Crippen LogP contribution in [0.3, 0.4) is 0 Å². The standard InChI is InChI=1S/C17H21N3O2/c1-3-19-8-10-20(11-9-19)17(22)14-12-16(21)18(2)15-7-5-4-6-13(14)15/h4-7,12H,3,8-11H2,1-2H3. The van der Waals surface area contributed by atoms with Crippen LogP contribution in [0.15, 0.2) is 35.1 Å².